The molecule has 0 aliphatic rings. The fraction of sp³-hybridized carbons (Fsp3) is 0.182. The summed E-state index contributed by atoms with van der Waals surface area (Å²) >= 11 is 18.2. The Hall–Kier alpha value is -0.690. The minimum atomic E-state index is -4.61. The first-order chi connectivity index (χ1) is 9.29. The number of rotatable bonds is 3. The molecule has 2 nitrogen and oxygen atoms in total. The largest absolute Gasteiger partial charge is 0.419 e. The molecule has 2 rings (SSSR count). The molecule has 0 amide bonds. The van der Waals surface area contributed by atoms with Crippen molar-refractivity contribution >= 4 is 51.8 Å². The van der Waals surface area contributed by atoms with Crippen molar-refractivity contribution in [1.82, 2.24) is 4.98 Å². The first kappa shape index (κ1) is 15.7. The minimum absolute atomic E-state index is 0.146. The lowest BCUT2D eigenvalue weighted by Crippen LogP contribution is -2.09. The Labute approximate surface area is 131 Å². The topological polar surface area (TPSA) is 24.9 Å². The predicted molar refractivity (Wildman–Crippen MR) is 75.9 cm³/mol. The van der Waals surface area contributed by atoms with Crippen molar-refractivity contribution in [2.45, 2.75) is 12.7 Å². The van der Waals surface area contributed by atoms with Gasteiger partial charge in [-0.15, -0.1) is 11.3 Å². The number of nitrogens with zero attached hydrogens (tertiary/aromatic N) is 1. The summed E-state index contributed by atoms with van der Waals surface area (Å²) in [6.45, 7) is 0.267. The van der Waals surface area contributed by atoms with E-state index in [1.54, 1.807) is 0 Å². The summed E-state index contributed by atoms with van der Waals surface area (Å²) in [4.78, 5) is 4.60. The van der Waals surface area contributed by atoms with Gasteiger partial charge in [-0.25, -0.2) is 4.98 Å². The number of hydrogen-bond donors (Lipinski definition) is 1. The second-order valence-corrected chi connectivity index (χ2v) is 6.20. The van der Waals surface area contributed by atoms with Gasteiger partial charge >= 0.3 is 6.18 Å². The van der Waals surface area contributed by atoms with Gasteiger partial charge in [-0.3, -0.25) is 0 Å². The van der Waals surface area contributed by atoms with E-state index in [2.05, 4.69) is 10.3 Å². The molecular formula is C11H6Cl3F3N2S. The van der Waals surface area contributed by atoms with Crippen molar-refractivity contribution in [2.24, 2.45) is 0 Å². The molecule has 20 heavy (non-hydrogen) atoms. The van der Waals surface area contributed by atoms with Crippen LogP contribution in [0.4, 0.5) is 18.9 Å². The first-order valence-corrected chi connectivity index (χ1v) is 7.13. The molecule has 0 saturated carbocycles. The maximum atomic E-state index is 12.8. The van der Waals surface area contributed by atoms with Gasteiger partial charge in [-0.2, -0.15) is 13.2 Å². The number of halogens is 6. The normalized spacial score (nSPS) is 11.7. The lowest BCUT2D eigenvalue weighted by atomic mass is 10.2. The standard InChI is InChI=1S/C11H6Cl3F3N2S/c12-6-1-2-7(9(13)8(6)11(15,16)17)18-3-5-4-19-10(14)20-5/h1-2,4,18H,3H2. The van der Waals surface area contributed by atoms with Crippen LogP contribution in [0.25, 0.3) is 0 Å². The Kier molecular flexibility index (Phi) is 4.69. The molecule has 0 fully saturated rings. The Morgan fingerprint density at radius 2 is 1.90 bits per heavy atom. The van der Waals surface area contributed by atoms with Crippen molar-refractivity contribution in [3.05, 3.63) is 43.3 Å². The summed E-state index contributed by atoms with van der Waals surface area (Å²) in [5, 5.41) is 1.91. The van der Waals surface area contributed by atoms with Gasteiger partial charge in [0.1, 0.15) is 0 Å². The molecule has 0 saturated heterocycles. The zero-order valence-electron chi connectivity index (χ0n) is 9.56. The molecule has 9 heteroatoms. The summed E-state index contributed by atoms with van der Waals surface area (Å²) in [5.74, 6) is 0. The zero-order chi connectivity index (χ0) is 14.9. The number of alkyl halides is 3. The van der Waals surface area contributed by atoms with Gasteiger partial charge in [0.15, 0.2) is 4.47 Å². The van der Waals surface area contributed by atoms with Crippen molar-refractivity contribution in [2.75, 3.05) is 5.32 Å². The second kappa shape index (κ2) is 5.97. The Morgan fingerprint density at radius 3 is 2.45 bits per heavy atom. The van der Waals surface area contributed by atoms with Crippen LogP contribution in [0.3, 0.4) is 0 Å². The van der Waals surface area contributed by atoms with E-state index in [4.69, 9.17) is 34.8 Å². The van der Waals surface area contributed by atoms with E-state index < -0.39 is 21.8 Å². The van der Waals surface area contributed by atoms with E-state index in [-0.39, 0.29) is 12.2 Å². The van der Waals surface area contributed by atoms with E-state index in [1.807, 2.05) is 0 Å². The molecule has 1 heterocycles. The number of thiazole rings is 1. The minimum Gasteiger partial charge on any atom is -0.379 e. The van der Waals surface area contributed by atoms with Crippen LogP contribution >= 0.6 is 46.1 Å². The third kappa shape index (κ3) is 3.49. The lowest BCUT2D eigenvalue weighted by molar-refractivity contribution is -0.137. The van der Waals surface area contributed by atoms with Crippen molar-refractivity contribution in [3.63, 3.8) is 0 Å². The third-order valence-corrected chi connectivity index (χ3v) is 4.18. The summed E-state index contributed by atoms with van der Waals surface area (Å²) in [6.07, 6.45) is -3.08. The van der Waals surface area contributed by atoms with Crippen LogP contribution in [-0.2, 0) is 12.7 Å². The molecule has 0 aliphatic heterocycles. The van der Waals surface area contributed by atoms with Gasteiger partial charge in [-0.1, -0.05) is 34.8 Å². The summed E-state index contributed by atoms with van der Waals surface area (Å²) in [6, 6.07) is 2.54. The number of anilines is 1. The summed E-state index contributed by atoms with van der Waals surface area (Å²) in [7, 11) is 0. The van der Waals surface area contributed by atoms with Crippen LogP contribution < -0.4 is 5.32 Å². The van der Waals surface area contributed by atoms with Crippen molar-refractivity contribution in [1.29, 1.82) is 0 Å². The highest BCUT2D eigenvalue weighted by molar-refractivity contribution is 7.15. The van der Waals surface area contributed by atoms with Crippen molar-refractivity contribution < 1.29 is 13.2 Å². The maximum Gasteiger partial charge on any atom is 0.419 e. The molecule has 1 N–H and O–H groups in total. The van der Waals surface area contributed by atoms with Crippen molar-refractivity contribution in [3.8, 4) is 0 Å². The van der Waals surface area contributed by atoms with E-state index >= 15 is 0 Å². The van der Waals surface area contributed by atoms with Gasteiger partial charge < -0.3 is 5.32 Å². The average molecular weight is 362 g/mol. The van der Waals surface area contributed by atoms with Crippen LogP contribution in [0.5, 0.6) is 0 Å². The molecule has 1 aromatic carbocycles. The van der Waals surface area contributed by atoms with Gasteiger partial charge in [0, 0.05) is 11.1 Å². The molecular weight excluding hydrogens is 356 g/mol. The highest BCUT2D eigenvalue weighted by Crippen LogP contribution is 2.42. The van der Waals surface area contributed by atoms with Gasteiger partial charge in [0.2, 0.25) is 0 Å². The smallest absolute Gasteiger partial charge is 0.379 e. The molecule has 0 aliphatic carbocycles. The molecule has 108 valence electrons. The number of benzene rings is 1. The first-order valence-electron chi connectivity index (χ1n) is 5.18. The molecule has 0 spiro atoms. The zero-order valence-corrected chi connectivity index (χ0v) is 12.6. The van der Waals surface area contributed by atoms with Crippen LogP contribution in [-0.4, -0.2) is 4.98 Å². The van der Waals surface area contributed by atoms with E-state index in [9.17, 15) is 13.2 Å². The van der Waals surface area contributed by atoms with Crippen LogP contribution in [0.15, 0.2) is 18.3 Å². The van der Waals surface area contributed by atoms with Gasteiger partial charge in [0.25, 0.3) is 0 Å². The molecule has 0 radical (unpaired) electrons. The van der Waals surface area contributed by atoms with Gasteiger partial charge in [0.05, 0.1) is 27.8 Å². The Balaban J connectivity index is 2.25. The highest BCUT2D eigenvalue weighted by atomic mass is 35.5. The number of nitrogens with one attached hydrogen (secondary N) is 1. The van der Waals surface area contributed by atoms with Crippen LogP contribution in [0, 0.1) is 0 Å². The lowest BCUT2D eigenvalue weighted by Gasteiger charge is -2.15. The molecule has 0 unspecified atom stereocenters. The number of aromatic nitrogens is 1. The van der Waals surface area contributed by atoms with Gasteiger partial charge in [-0.05, 0) is 12.1 Å². The van der Waals surface area contributed by atoms with Crippen LogP contribution in [0.2, 0.25) is 14.5 Å². The second-order valence-electron chi connectivity index (χ2n) is 3.71. The molecule has 2 aromatic rings. The molecule has 0 bridgehead atoms. The average Bonchev–Trinajstić information content (AvgIpc) is 2.72. The predicted octanol–water partition coefficient (Wildman–Crippen LogP) is 5.73. The monoisotopic (exact) mass is 360 g/mol. The fourth-order valence-corrected chi connectivity index (χ4v) is 3.07. The maximum absolute atomic E-state index is 12.8. The van der Waals surface area contributed by atoms with E-state index in [0.717, 1.165) is 10.9 Å². The summed E-state index contributed by atoms with van der Waals surface area (Å²) < 4.78 is 38.9. The Bertz CT molecular complexity index is 628. The summed E-state index contributed by atoms with van der Waals surface area (Å²) in [5.41, 5.74) is -0.902. The number of hydrogen-bond acceptors (Lipinski definition) is 3. The van der Waals surface area contributed by atoms with E-state index in [1.165, 1.54) is 23.6 Å². The van der Waals surface area contributed by atoms with Crippen LogP contribution in [0.1, 0.15) is 10.4 Å². The molecule has 1 aromatic heterocycles. The third-order valence-electron chi connectivity index (χ3n) is 2.35. The van der Waals surface area contributed by atoms with E-state index in [0.29, 0.717) is 4.47 Å². The fourth-order valence-electron chi connectivity index (χ4n) is 1.50. The highest BCUT2D eigenvalue weighted by Gasteiger charge is 2.36. The quantitative estimate of drug-likeness (QED) is 0.754. The SMILES string of the molecule is FC(F)(F)c1c(Cl)ccc(NCc2cnc(Cl)s2)c1Cl. The Morgan fingerprint density at radius 1 is 1.20 bits per heavy atom. The molecule has 0 atom stereocenters.